The lowest BCUT2D eigenvalue weighted by Crippen LogP contribution is -2.30. The average Bonchev–Trinajstić information content (AvgIpc) is 2.35. The van der Waals surface area contributed by atoms with Crippen LogP contribution in [0.5, 0.6) is 0 Å². The van der Waals surface area contributed by atoms with Crippen molar-refractivity contribution >= 4 is 10.0 Å². The van der Waals surface area contributed by atoms with Gasteiger partial charge < -0.3 is 5.11 Å². The predicted octanol–water partition coefficient (Wildman–Crippen LogP) is 1.09. The van der Waals surface area contributed by atoms with E-state index in [0.29, 0.717) is 0 Å². The van der Waals surface area contributed by atoms with Crippen LogP contribution in [0, 0.1) is 17.1 Å². The van der Waals surface area contributed by atoms with Crippen molar-refractivity contribution in [3.8, 4) is 6.07 Å². The van der Waals surface area contributed by atoms with Crippen LogP contribution in [0.15, 0.2) is 23.1 Å². The molecule has 19 heavy (non-hydrogen) atoms. The first-order valence-corrected chi connectivity index (χ1v) is 7.07. The van der Waals surface area contributed by atoms with Gasteiger partial charge in [0.1, 0.15) is 22.3 Å². The van der Waals surface area contributed by atoms with Crippen LogP contribution in [-0.4, -0.2) is 37.5 Å². The number of nitrogens with zero attached hydrogens (tertiary/aromatic N) is 2. The molecule has 0 aliphatic carbocycles. The van der Waals surface area contributed by atoms with Crippen molar-refractivity contribution in [3.05, 3.63) is 29.6 Å². The summed E-state index contributed by atoms with van der Waals surface area (Å²) < 4.78 is 38.8. The maximum Gasteiger partial charge on any atom is 0.244 e. The van der Waals surface area contributed by atoms with Gasteiger partial charge in [-0.15, -0.1) is 0 Å². The van der Waals surface area contributed by atoms with E-state index >= 15 is 0 Å². The molecule has 5 nitrogen and oxygen atoms in total. The summed E-state index contributed by atoms with van der Waals surface area (Å²) in [6, 6.07) is 5.03. The molecular formula is C12H15FN2O3S. The highest BCUT2D eigenvalue weighted by atomic mass is 32.2. The fourth-order valence-electron chi connectivity index (χ4n) is 1.48. The van der Waals surface area contributed by atoms with E-state index in [0.717, 1.165) is 10.4 Å². The highest BCUT2D eigenvalue weighted by Crippen LogP contribution is 2.21. The third kappa shape index (κ3) is 3.50. The molecule has 0 heterocycles. The van der Waals surface area contributed by atoms with Gasteiger partial charge in [0.15, 0.2) is 0 Å². The van der Waals surface area contributed by atoms with Crippen LogP contribution in [0.2, 0.25) is 0 Å². The summed E-state index contributed by atoms with van der Waals surface area (Å²) in [6.45, 7) is 1.63. The summed E-state index contributed by atoms with van der Waals surface area (Å²) in [6.07, 6.45) is -0.381. The third-order valence-corrected chi connectivity index (χ3v) is 4.54. The maximum atomic E-state index is 13.4. The molecule has 1 N–H and O–H groups in total. The Labute approximate surface area is 111 Å². The lowest BCUT2D eigenvalue weighted by atomic mass is 10.2. The number of aliphatic hydroxyl groups is 1. The Morgan fingerprint density at radius 3 is 2.68 bits per heavy atom. The third-order valence-electron chi connectivity index (χ3n) is 2.64. The van der Waals surface area contributed by atoms with Gasteiger partial charge in [-0.2, -0.15) is 5.26 Å². The SMILES string of the molecule is CC(O)CCN(C)S(=O)(=O)c1cccc(F)c1C#N. The number of sulfonamides is 1. The topological polar surface area (TPSA) is 81.4 Å². The number of aliphatic hydroxyl groups excluding tert-OH is 1. The average molecular weight is 286 g/mol. The van der Waals surface area contributed by atoms with Crippen LogP contribution in [-0.2, 0) is 10.0 Å². The van der Waals surface area contributed by atoms with E-state index in [4.69, 9.17) is 10.4 Å². The van der Waals surface area contributed by atoms with Crippen LogP contribution in [0.3, 0.4) is 0 Å². The molecule has 1 aromatic carbocycles. The van der Waals surface area contributed by atoms with E-state index < -0.39 is 27.5 Å². The molecule has 1 atom stereocenters. The Morgan fingerprint density at radius 1 is 1.53 bits per heavy atom. The zero-order valence-corrected chi connectivity index (χ0v) is 11.5. The first kappa shape index (κ1) is 15.6. The Balaban J connectivity index is 3.15. The fraction of sp³-hybridized carbons (Fsp3) is 0.417. The number of rotatable bonds is 5. The van der Waals surface area contributed by atoms with Crippen molar-refractivity contribution < 1.29 is 17.9 Å². The minimum atomic E-state index is -3.94. The molecule has 0 saturated carbocycles. The van der Waals surface area contributed by atoms with Gasteiger partial charge in [0, 0.05) is 13.6 Å². The molecule has 0 radical (unpaired) electrons. The van der Waals surface area contributed by atoms with E-state index in [9.17, 15) is 12.8 Å². The van der Waals surface area contributed by atoms with Crippen LogP contribution >= 0.6 is 0 Å². The standard InChI is InChI=1S/C12H15FN2O3S/c1-9(16)6-7-15(2)19(17,18)12-5-3-4-11(13)10(12)8-14/h3-5,9,16H,6-7H2,1-2H3. The minimum Gasteiger partial charge on any atom is -0.393 e. The van der Waals surface area contributed by atoms with E-state index in [-0.39, 0.29) is 17.9 Å². The van der Waals surface area contributed by atoms with Gasteiger partial charge >= 0.3 is 0 Å². The molecular weight excluding hydrogens is 271 g/mol. The minimum absolute atomic E-state index is 0.0847. The molecule has 0 spiro atoms. The second-order valence-electron chi connectivity index (χ2n) is 4.19. The van der Waals surface area contributed by atoms with Crippen LogP contribution in [0.4, 0.5) is 4.39 Å². The van der Waals surface area contributed by atoms with Crippen molar-refractivity contribution in [1.82, 2.24) is 4.31 Å². The summed E-state index contributed by atoms with van der Waals surface area (Å²) in [5.74, 6) is -0.868. The molecule has 0 fully saturated rings. The number of hydrogen-bond acceptors (Lipinski definition) is 4. The highest BCUT2D eigenvalue weighted by Gasteiger charge is 2.25. The molecule has 0 aliphatic rings. The van der Waals surface area contributed by atoms with E-state index in [2.05, 4.69) is 0 Å². The quantitative estimate of drug-likeness (QED) is 0.878. The molecule has 1 rings (SSSR count). The van der Waals surface area contributed by atoms with E-state index in [1.807, 2.05) is 0 Å². The second kappa shape index (κ2) is 6.10. The smallest absolute Gasteiger partial charge is 0.244 e. The summed E-state index contributed by atoms with van der Waals surface area (Å²) in [5.41, 5.74) is -0.494. The van der Waals surface area contributed by atoms with Gasteiger partial charge in [-0.3, -0.25) is 0 Å². The normalized spacial score (nSPS) is 13.3. The lowest BCUT2D eigenvalue weighted by Gasteiger charge is -2.18. The Kier molecular flexibility index (Phi) is 5.00. The van der Waals surface area contributed by atoms with Crippen molar-refractivity contribution in [3.63, 3.8) is 0 Å². The molecule has 104 valence electrons. The van der Waals surface area contributed by atoms with Crippen LogP contribution in [0.1, 0.15) is 18.9 Å². The maximum absolute atomic E-state index is 13.4. The van der Waals surface area contributed by atoms with Crippen molar-refractivity contribution in [2.45, 2.75) is 24.3 Å². The monoisotopic (exact) mass is 286 g/mol. The largest absolute Gasteiger partial charge is 0.393 e. The highest BCUT2D eigenvalue weighted by molar-refractivity contribution is 7.89. The molecule has 1 aromatic rings. The van der Waals surface area contributed by atoms with E-state index in [1.54, 1.807) is 13.0 Å². The first-order valence-electron chi connectivity index (χ1n) is 5.63. The zero-order chi connectivity index (χ0) is 14.6. The van der Waals surface area contributed by atoms with Crippen LogP contribution in [0.25, 0.3) is 0 Å². The molecule has 0 saturated heterocycles. The molecule has 7 heteroatoms. The summed E-state index contributed by atoms with van der Waals surface area (Å²) in [4.78, 5) is -0.358. The second-order valence-corrected chi connectivity index (χ2v) is 6.20. The summed E-state index contributed by atoms with van der Waals surface area (Å²) in [7, 11) is -2.62. The number of hydrogen-bond donors (Lipinski definition) is 1. The van der Waals surface area contributed by atoms with Crippen molar-refractivity contribution in [1.29, 1.82) is 5.26 Å². The van der Waals surface area contributed by atoms with Gasteiger partial charge in [-0.05, 0) is 25.5 Å². The Hall–Kier alpha value is -1.49. The van der Waals surface area contributed by atoms with Crippen molar-refractivity contribution in [2.75, 3.05) is 13.6 Å². The molecule has 0 aliphatic heterocycles. The molecule has 0 amide bonds. The molecule has 1 unspecified atom stereocenters. The van der Waals surface area contributed by atoms with Crippen molar-refractivity contribution in [2.24, 2.45) is 0 Å². The summed E-state index contributed by atoms with van der Waals surface area (Å²) >= 11 is 0. The van der Waals surface area contributed by atoms with Gasteiger partial charge in [-0.25, -0.2) is 17.1 Å². The van der Waals surface area contributed by atoms with Gasteiger partial charge in [0.25, 0.3) is 0 Å². The number of halogens is 1. The Bertz CT molecular complexity index is 593. The van der Waals surface area contributed by atoms with Crippen LogP contribution < -0.4 is 0 Å². The molecule has 0 aromatic heterocycles. The molecule has 0 bridgehead atoms. The van der Waals surface area contributed by atoms with Gasteiger partial charge in [0.05, 0.1) is 6.10 Å². The number of nitriles is 1. The first-order chi connectivity index (χ1) is 8.80. The summed E-state index contributed by atoms with van der Waals surface area (Å²) in [5, 5.41) is 18.0. The van der Waals surface area contributed by atoms with E-state index in [1.165, 1.54) is 19.2 Å². The van der Waals surface area contributed by atoms with Gasteiger partial charge in [-0.1, -0.05) is 6.07 Å². The Morgan fingerprint density at radius 2 is 2.16 bits per heavy atom. The zero-order valence-electron chi connectivity index (χ0n) is 10.7. The lowest BCUT2D eigenvalue weighted by molar-refractivity contribution is 0.177. The number of benzene rings is 1. The van der Waals surface area contributed by atoms with Gasteiger partial charge in [0.2, 0.25) is 10.0 Å². The predicted molar refractivity (Wildman–Crippen MR) is 67.2 cm³/mol. The fourth-order valence-corrected chi connectivity index (χ4v) is 2.82.